The van der Waals surface area contributed by atoms with Crippen molar-refractivity contribution in [1.29, 1.82) is 0 Å². The SMILES string of the molecule is c1ccc(CNCC23CCC4C[C@H](C[C@H](C4)C2)C3)cc1. The van der Waals surface area contributed by atoms with E-state index in [0.717, 1.165) is 24.3 Å². The summed E-state index contributed by atoms with van der Waals surface area (Å²) >= 11 is 0. The third-order valence-electron chi connectivity index (χ3n) is 6.20. The van der Waals surface area contributed by atoms with Gasteiger partial charge in [0.05, 0.1) is 0 Å². The Balaban J connectivity index is 1.40. The summed E-state index contributed by atoms with van der Waals surface area (Å²) in [5, 5.41) is 3.78. The summed E-state index contributed by atoms with van der Waals surface area (Å²) in [6, 6.07) is 10.9. The average Bonchev–Trinajstić information content (AvgIpc) is 2.65. The minimum atomic E-state index is 0.646. The van der Waals surface area contributed by atoms with Gasteiger partial charge >= 0.3 is 0 Å². The molecule has 0 aromatic heterocycles. The Morgan fingerprint density at radius 3 is 2.40 bits per heavy atom. The molecule has 108 valence electrons. The Bertz CT molecular complexity index is 438. The lowest BCUT2D eigenvalue weighted by Gasteiger charge is -2.45. The fourth-order valence-electron chi connectivity index (χ4n) is 5.60. The fraction of sp³-hybridized carbons (Fsp3) is 0.684. The average molecular weight is 269 g/mol. The van der Waals surface area contributed by atoms with Gasteiger partial charge in [-0.2, -0.15) is 0 Å². The zero-order valence-corrected chi connectivity index (χ0v) is 12.5. The zero-order chi connectivity index (χ0) is 13.4. The Hall–Kier alpha value is -0.820. The number of hydrogen-bond donors (Lipinski definition) is 1. The summed E-state index contributed by atoms with van der Waals surface area (Å²) in [6.07, 6.45) is 10.7. The van der Waals surface area contributed by atoms with Crippen LogP contribution in [0.3, 0.4) is 0 Å². The summed E-state index contributed by atoms with van der Waals surface area (Å²) in [5.41, 5.74) is 2.07. The molecule has 0 amide bonds. The maximum atomic E-state index is 3.78. The van der Waals surface area contributed by atoms with Crippen LogP contribution in [0.15, 0.2) is 30.3 Å². The molecule has 1 aromatic rings. The van der Waals surface area contributed by atoms with Crippen LogP contribution in [0.1, 0.15) is 50.5 Å². The first-order valence-corrected chi connectivity index (χ1v) is 8.56. The quantitative estimate of drug-likeness (QED) is 0.855. The van der Waals surface area contributed by atoms with Crippen molar-refractivity contribution in [3.05, 3.63) is 35.9 Å². The second-order valence-electron chi connectivity index (χ2n) is 7.84. The molecule has 1 aromatic carbocycles. The molecule has 4 aliphatic rings. The molecule has 0 saturated heterocycles. The van der Waals surface area contributed by atoms with Crippen LogP contribution in [0.4, 0.5) is 0 Å². The minimum Gasteiger partial charge on any atom is -0.312 e. The number of fused-ring (bicyclic) bond motifs is 1. The molecule has 4 bridgehead atoms. The van der Waals surface area contributed by atoms with Crippen LogP contribution in [-0.4, -0.2) is 6.54 Å². The van der Waals surface area contributed by atoms with Gasteiger partial charge in [-0.25, -0.2) is 0 Å². The molecular weight excluding hydrogens is 242 g/mol. The van der Waals surface area contributed by atoms with E-state index in [0.29, 0.717) is 5.41 Å². The van der Waals surface area contributed by atoms with Crippen molar-refractivity contribution in [3.8, 4) is 0 Å². The fourth-order valence-corrected chi connectivity index (χ4v) is 5.60. The highest BCUT2D eigenvalue weighted by atomic mass is 14.9. The number of nitrogens with one attached hydrogen (secondary N) is 1. The van der Waals surface area contributed by atoms with Crippen molar-refractivity contribution >= 4 is 0 Å². The maximum absolute atomic E-state index is 3.78. The largest absolute Gasteiger partial charge is 0.312 e. The van der Waals surface area contributed by atoms with E-state index in [1.165, 1.54) is 37.8 Å². The summed E-state index contributed by atoms with van der Waals surface area (Å²) in [6.45, 7) is 2.29. The van der Waals surface area contributed by atoms with Crippen molar-refractivity contribution < 1.29 is 0 Å². The van der Waals surface area contributed by atoms with E-state index >= 15 is 0 Å². The molecule has 1 N–H and O–H groups in total. The van der Waals surface area contributed by atoms with Crippen molar-refractivity contribution in [2.24, 2.45) is 23.2 Å². The van der Waals surface area contributed by atoms with E-state index in [4.69, 9.17) is 0 Å². The van der Waals surface area contributed by atoms with E-state index in [-0.39, 0.29) is 0 Å². The summed E-state index contributed by atoms with van der Waals surface area (Å²) in [5.74, 6) is 3.21. The van der Waals surface area contributed by atoms with Crippen LogP contribution in [0, 0.1) is 23.2 Å². The van der Waals surface area contributed by atoms with E-state index in [1.54, 1.807) is 19.3 Å². The highest BCUT2D eigenvalue weighted by Crippen LogP contribution is 2.56. The molecular formula is C19H27N. The summed E-state index contributed by atoms with van der Waals surface area (Å²) in [7, 11) is 0. The number of rotatable bonds is 4. The predicted molar refractivity (Wildman–Crippen MR) is 83.4 cm³/mol. The van der Waals surface area contributed by atoms with Crippen LogP contribution < -0.4 is 5.32 Å². The highest BCUT2D eigenvalue weighted by Gasteiger charge is 2.47. The van der Waals surface area contributed by atoms with E-state index in [9.17, 15) is 0 Å². The molecule has 5 rings (SSSR count). The maximum Gasteiger partial charge on any atom is 0.0205 e. The first-order valence-electron chi connectivity index (χ1n) is 8.56. The van der Waals surface area contributed by atoms with Gasteiger partial charge in [0, 0.05) is 13.1 Å². The van der Waals surface area contributed by atoms with Crippen molar-refractivity contribution in [2.45, 2.75) is 51.5 Å². The first-order chi connectivity index (χ1) is 9.81. The molecule has 1 heteroatoms. The molecule has 0 aliphatic heterocycles. The normalized spacial score (nSPS) is 38.9. The van der Waals surface area contributed by atoms with Crippen molar-refractivity contribution in [2.75, 3.05) is 6.54 Å². The highest BCUT2D eigenvalue weighted by molar-refractivity contribution is 5.14. The lowest BCUT2D eigenvalue weighted by molar-refractivity contribution is 0.0656. The molecule has 4 atom stereocenters. The van der Waals surface area contributed by atoms with Gasteiger partial charge in [-0.3, -0.25) is 0 Å². The van der Waals surface area contributed by atoms with E-state index in [2.05, 4.69) is 35.6 Å². The monoisotopic (exact) mass is 269 g/mol. The van der Waals surface area contributed by atoms with Crippen LogP contribution in [0.25, 0.3) is 0 Å². The second kappa shape index (κ2) is 5.18. The second-order valence-corrected chi connectivity index (χ2v) is 7.84. The summed E-state index contributed by atoms with van der Waals surface area (Å²) in [4.78, 5) is 0. The van der Waals surface area contributed by atoms with E-state index < -0.39 is 0 Å². The standard InChI is InChI=1S/C19H27N/c1-2-4-15(5-3-1)13-20-14-19-7-6-16-8-17(11-19)10-18(9-16)12-19/h1-5,16-18,20H,6-14H2/t16?,17-,18+,19?. The lowest BCUT2D eigenvalue weighted by Crippen LogP contribution is -2.40. The molecule has 0 spiro atoms. The van der Waals surface area contributed by atoms with Crippen molar-refractivity contribution in [1.82, 2.24) is 5.32 Å². The van der Waals surface area contributed by atoms with Crippen molar-refractivity contribution in [3.63, 3.8) is 0 Å². The Kier molecular flexibility index (Phi) is 3.34. The summed E-state index contributed by atoms with van der Waals surface area (Å²) < 4.78 is 0. The van der Waals surface area contributed by atoms with Gasteiger partial charge in [0.2, 0.25) is 0 Å². The van der Waals surface area contributed by atoms with Gasteiger partial charge in [-0.1, -0.05) is 30.3 Å². The van der Waals surface area contributed by atoms with Gasteiger partial charge < -0.3 is 5.32 Å². The van der Waals surface area contributed by atoms with Gasteiger partial charge in [-0.15, -0.1) is 0 Å². The number of hydrogen-bond acceptors (Lipinski definition) is 1. The molecule has 0 radical (unpaired) electrons. The third kappa shape index (κ3) is 2.53. The van der Waals surface area contributed by atoms with Gasteiger partial charge in [0.1, 0.15) is 0 Å². The van der Waals surface area contributed by atoms with Gasteiger partial charge in [0.25, 0.3) is 0 Å². The lowest BCUT2D eigenvalue weighted by atomic mass is 9.61. The third-order valence-corrected chi connectivity index (χ3v) is 6.20. The molecule has 20 heavy (non-hydrogen) atoms. The zero-order valence-electron chi connectivity index (χ0n) is 12.5. The molecule has 0 heterocycles. The van der Waals surface area contributed by atoms with Gasteiger partial charge in [0.15, 0.2) is 0 Å². The van der Waals surface area contributed by atoms with Crippen LogP contribution in [-0.2, 0) is 6.54 Å². The number of benzene rings is 1. The van der Waals surface area contributed by atoms with E-state index in [1.807, 2.05) is 0 Å². The smallest absolute Gasteiger partial charge is 0.0205 e. The van der Waals surface area contributed by atoms with Crippen LogP contribution in [0.5, 0.6) is 0 Å². The molecule has 4 fully saturated rings. The predicted octanol–water partition coefficient (Wildman–Crippen LogP) is 4.38. The molecule has 4 aliphatic carbocycles. The molecule has 2 unspecified atom stereocenters. The topological polar surface area (TPSA) is 12.0 Å². The van der Waals surface area contributed by atoms with Crippen LogP contribution in [0.2, 0.25) is 0 Å². The molecule has 4 saturated carbocycles. The Morgan fingerprint density at radius 1 is 0.950 bits per heavy atom. The first kappa shape index (κ1) is 12.9. The van der Waals surface area contributed by atoms with Crippen LogP contribution >= 0.6 is 0 Å². The minimum absolute atomic E-state index is 0.646. The van der Waals surface area contributed by atoms with Gasteiger partial charge in [-0.05, 0) is 73.7 Å². The molecule has 1 nitrogen and oxygen atoms in total. The Labute approximate surface area is 123 Å². The Morgan fingerprint density at radius 2 is 1.65 bits per heavy atom.